The van der Waals surface area contributed by atoms with E-state index in [1.807, 2.05) is 228 Å². The Morgan fingerprint density at radius 1 is 0.310 bits per heavy atom. The van der Waals surface area contributed by atoms with Crippen LogP contribution in [0.3, 0.4) is 0 Å². The number of carbonyl (C=O) groups is 4. The molecule has 9 heterocycles. The number of nitrogens with one attached hydrogen (secondary N) is 2. The molecule has 9 atom stereocenters. The van der Waals surface area contributed by atoms with Crippen LogP contribution in [-0.4, -0.2) is 271 Å². The van der Waals surface area contributed by atoms with Crippen molar-refractivity contribution in [1.29, 1.82) is 0 Å². The predicted molar refractivity (Wildman–Crippen MR) is 607 cm³/mol. The number of esters is 2. The number of ketones is 1. The van der Waals surface area contributed by atoms with Crippen molar-refractivity contribution in [3.8, 4) is 0 Å². The van der Waals surface area contributed by atoms with Gasteiger partial charge in [-0.05, 0) is 411 Å². The molecule has 0 spiro atoms. The molecule has 9 fully saturated rings. The fourth-order valence-electron chi connectivity index (χ4n) is 22.9. The molecule has 0 aliphatic carbocycles. The Bertz CT molecular complexity index is 3520. The first-order chi connectivity index (χ1) is 60.5. The van der Waals surface area contributed by atoms with Crippen LogP contribution in [0.5, 0.6) is 0 Å². The zero-order chi connectivity index (χ0) is 109. The summed E-state index contributed by atoms with van der Waals surface area (Å²) in [5.74, 6) is 3.12. The van der Waals surface area contributed by atoms with Crippen molar-refractivity contribution in [1.82, 2.24) is 56.2 Å². The molecule has 0 aromatic carbocycles. The van der Waals surface area contributed by atoms with Gasteiger partial charge in [-0.1, -0.05) is 129 Å². The Morgan fingerprint density at radius 2 is 0.572 bits per heavy atom. The largest absolute Gasteiger partial charge is 0.463 e. The smallest absolute Gasteiger partial charge is 0.311 e. The highest BCUT2D eigenvalue weighted by Gasteiger charge is 2.61. The Labute approximate surface area is 897 Å². The lowest BCUT2D eigenvalue weighted by atomic mass is 9.81. The quantitative estimate of drug-likeness (QED) is 0.0504. The average Bonchev–Trinajstić information content (AvgIpc) is 1.86. The Balaban J connectivity index is -0.000000241. The highest BCUT2D eigenvalue weighted by molar-refractivity contribution is 5.81. The summed E-state index contributed by atoms with van der Waals surface area (Å²) >= 11 is 0. The number of Topliss-reactive ketones (excluding diaryl/α,β-unsaturated/α-hetero) is 1. The maximum absolute atomic E-state index is 12.3. The summed E-state index contributed by atoms with van der Waals surface area (Å²) < 4.78 is 22.2. The van der Waals surface area contributed by atoms with Crippen molar-refractivity contribution in [2.45, 2.75) is 659 Å². The van der Waals surface area contributed by atoms with E-state index in [0.29, 0.717) is 73.0 Å². The second-order valence-electron chi connectivity index (χ2n) is 56.4. The van der Waals surface area contributed by atoms with E-state index in [0.717, 1.165) is 51.7 Å². The topological polar surface area (TPSA) is 340 Å². The molecule has 9 rings (SSSR count). The molecule has 9 unspecified atom stereocenters. The van der Waals surface area contributed by atoms with Crippen LogP contribution in [0.2, 0.25) is 0 Å². The van der Waals surface area contributed by atoms with E-state index in [-0.39, 0.29) is 226 Å². The van der Waals surface area contributed by atoms with Crippen LogP contribution in [-0.2, 0) is 38.1 Å². The number of nitrogens with zero attached hydrogens (tertiary/aromatic N) is 9. The summed E-state index contributed by atoms with van der Waals surface area (Å²) in [6.07, 6.45) is 11.0. The van der Waals surface area contributed by atoms with Crippen molar-refractivity contribution in [3.05, 3.63) is 0 Å². The minimum Gasteiger partial charge on any atom is -0.463 e. The van der Waals surface area contributed by atoms with Gasteiger partial charge in [-0.3, -0.25) is 19.2 Å². The fraction of sp³-hybridized carbons (Fsp3) is 0.966. The van der Waals surface area contributed by atoms with Crippen molar-refractivity contribution in [2.75, 3.05) is 13.2 Å². The molecule has 0 saturated carbocycles. The maximum Gasteiger partial charge on any atom is 0.311 e. The zero-order valence-corrected chi connectivity index (χ0v) is 98.5. The molecule has 11 N–H and O–H groups in total. The lowest BCUT2D eigenvalue weighted by Crippen LogP contribution is -2.52. The van der Waals surface area contributed by atoms with Crippen LogP contribution in [0.1, 0.15) is 517 Å². The Kier molecular flexibility index (Phi) is 61.6. The summed E-state index contributed by atoms with van der Waals surface area (Å²) in [6, 6.07) is 0.511. The average molecular weight is 2090 g/mol. The van der Waals surface area contributed by atoms with Crippen LogP contribution >= 0.6 is 0 Å². The van der Waals surface area contributed by atoms with Gasteiger partial charge in [-0.25, -0.2) is 0 Å². The number of hydroxylamine groups is 18. The van der Waals surface area contributed by atoms with Gasteiger partial charge in [0, 0.05) is 120 Å². The monoisotopic (exact) mass is 2080 g/mol. The van der Waals surface area contributed by atoms with Crippen LogP contribution in [0.15, 0.2) is 0 Å². The first-order valence-electron chi connectivity index (χ1n) is 52.2. The maximum atomic E-state index is 12.3. The van der Waals surface area contributed by atoms with E-state index in [1.165, 1.54) is 48.3 Å². The van der Waals surface area contributed by atoms with Gasteiger partial charge < -0.3 is 76.4 Å². The summed E-state index contributed by atoms with van der Waals surface area (Å²) in [7, 11) is 0. The first-order valence-corrected chi connectivity index (χ1v) is 52.2. The van der Waals surface area contributed by atoms with Gasteiger partial charge >= 0.3 is 11.9 Å². The van der Waals surface area contributed by atoms with Crippen LogP contribution < -0.4 is 10.6 Å². The molecule has 145 heavy (non-hydrogen) atoms. The van der Waals surface area contributed by atoms with E-state index < -0.39 is 16.6 Å². The minimum atomic E-state index is -0.574. The Hall–Kier alpha value is -2.76. The van der Waals surface area contributed by atoms with E-state index >= 15 is 0 Å². The first kappa shape index (κ1) is 157. The highest BCUT2D eigenvalue weighted by atomic mass is 16.6. The van der Waals surface area contributed by atoms with Crippen molar-refractivity contribution in [2.24, 2.45) is 65.1 Å². The van der Waals surface area contributed by atoms with E-state index in [4.69, 9.17) is 18.9 Å². The molecule has 9 aliphatic rings. The number of hydrogen-bond donors (Lipinski definition) is 11. The molecule has 0 aromatic heterocycles. The molecule has 9 aliphatic heterocycles. The number of carbonyl (C=O) groups excluding carboxylic acids is 4. The molecule has 0 radical (unpaired) electrons. The summed E-state index contributed by atoms with van der Waals surface area (Å²) in [4.78, 5) is 47.6. The van der Waals surface area contributed by atoms with Gasteiger partial charge in [0.2, 0.25) is 5.91 Å². The van der Waals surface area contributed by atoms with Gasteiger partial charge in [0.25, 0.3) is 0 Å². The molecule has 28 heteroatoms. The van der Waals surface area contributed by atoms with Crippen LogP contribution in [0.25, 0.3) is 0 Å². The third kappa shape index (κ3) is 40.7. The summed E-state index contributed by atoms with van der Waals surface area (Å²) in [5, 5.41) is 110. The van der Waals surface area contributed by atoms with E-state index in [2.05, 4.69) is 163 Å². The summed E-state index contributed by atoms with van der Waals surface area (Å²) in [5.41, 5.74) is -4.86. The number of ether oxygens (including phenoxy) is 4. The molecular weight excluding hydrogens is 1830 g/mol. The fourth-order valence-corrected chi connectivity index (χ4v) is 22.9. The second-order valence-corrected chi connectivity index (χ2v) is 56.4. The molecule has 878 valence electrons. The van der Waals surface area contributed by atoms with Gasteiger partial charge in [-0.2, -0.15) is 45.6 Å². The zero-order valence-electron chi connectivity index (χ0n) is 98.5. The third-order valence-corrected chi connectivity index (χ3v) is 31.5. The van der Waals surface area contributed by atoms with Gasteiger partial charge in [-0.15, -0.1) is 0 Å². The number of amides is 1. The normalized spacial score (nSPS) is 28.0. The van der Waals surface area contributed by atoms with Crippen LogP contribution in [0, 0.1) is 65.1 Å². The number of hydrogen-bond acceptors (Lipinski definition) is 27. The van der Waals surface area contributed by atoms with Crippen molar-refractivity contribution >= 4 is 23.6 Å². The standard InChI is InChI=1S/C13H26N2O2.C13H25NO2.C12H26N2O.2C12H23NO3.C12H25NO2.2C12H25NO.C11H23NO2.8CH4/c1-11(2,3)14-10(16)9-8-12(4,5)15(17)13(9,6)7;1-9(2)11(15)7-10-8-12(3,4)14(16)13(10,5)6;1-9(2)13-8-10-7-11(3,4)14(15)12(10,5)6;1-8(2)16-10(14)9-7-11(3,4)13(15)12(9,5)6;1-8(2)10(14)16-9-7-11(3,4)13(15)12(9,5)6;1-9(2)15-8-10-7-11(3,4)13(14)12(10,5)6;2*1-9(2)7-10-8-11(3,4)13(14)12(10,5)6;1-8(2)14-9-7-10(3,4)12(13)11(9,5)6;;;;;;;;/h9,17H,8H2,1-7H3,(H,14,16);9-10,16H,7-8H2,1-6H3;9-10,13,15H,7-8H2,1-6H3;2*8-9,15H,7H2,1-6H3;9-10,14H,7-8H2,1-6H3;2*9-10,14H,7-8H2,1-6H3;8-9,13H,7H2,1-6H3;8*1H4. The predicted octanol–water partition coefficient (Wildman–Crippen LogP) is 28.5. The molecule has 28 nitrogen and oxygen atoms in total. The van der Waals surface area contributed by atoms with Crippen LogP contribution in [0.4, 0.5) is 0 Å². The van der Waals surface area contributed by atoms with E-state index in [9.17, 15) is 66.0 Å². The Morgan fingerprint density at radius 3 is 0.800 bits per heavy atom. The SMILES string of the molecule is C.C.C.C.C.C.C.C.CC(C)(C)NC(=O)C1CC(C)(C)N(O)C1(C)C.CC(C)C(=O)CC1CC(C)(C)N(O)C1(C)C.CC(C)C(=O)OC1CC(C)(C)N(O)C1(C)C.CC(C)CC1CC(C)(C)N(O)C1(C)C.CC(C)CC1CC(C)(C)N(O)C1(C)C.CC(C)NCC1CC(C)(C)N(O)C1(C)C.CC(C)OC(=O)C1CC(C)(C)N(O)C1(C)C.CC(C)OC1CC(C)(C)N(O)C1(C)C.CC(C)OCC1CC(C)(C)N(O)C1(C)C. The van der Waals surface area contributed by atoms with Crippen molar-refractivity contribution in [3.63, 3.8) is 0 Å². The minimum absolute atomic E-state index is 0. The lowest BCUT2D eigenvalue weighted by molar-refractivity contribution is -0.206. The number of rotatable bonds is 20. The molecular formula is C117H253N11O17. The highest BCUT2D eigenvalue weighted by Crippen LogP contribution is 2.53. The lowest BCUT2D eigenvalue weighted by Gasteiger charge is -2.36. The molecule has 0 aromatic rings. The van der Waals surface area contributed by atoms with Gasteiger partial charge in [0.1, 0.15) is 11.9 Å². The summed E-state index contributed by atoms with van der Waals surface area (Å²) in [6.45, 7) is 113. The van der Waals surface area contributed by atoms with Gasteiger partial charge in [0.05, 0.1) is 70.9 Å². The van der Waals surface area contributed by atoms with E-state index in [1.54, 1.807) is 10.1 Å². The molecule has 1 amide bonds. The van der Waals surface area contributed by atoms with Crippen molar-refractivity contribution < 1.29 is 85.0 Å². The second kappa shape index (κ2) is 56.8. The third-order valence-electron chi connectivity index (χ3n) is 31.5. The molecule has 9 saturated heterocycles. The van der Waals surface area contributed by atoms with Gasteiger partial charge in [0.15, 0.2) is 0 Å². The molecule has 0 bridgehead atoms.